The van der Waals surface area contributed by atoms with Crippen LogP contribution in [-0.2, 0) is 4.79 Å². The van der Waals surface area contributed by atoms with Crippen molar-refractivity contribution < 1.29 is 4.79 Å². The van der Waals surface area contributed by atoms with Gasteiger partial charge in [-0.2, -0.15) is 0 Å². The molecular weight excluding hydrogens is 224 g/mol. The Labute approximate surface area is 108 Å². The highest BCUT2D eigenvalue weighted by Crippen LogP contribution is 2.08. The second-order valence-electron chi connectivity index (χ2n) is 3.97. The molecule has 3 heteroatoms. The summed E-state index contributed by atoms with van der Waals surface area (Å²) in [6.07, 6.45) is 9.41. The van der Waals surface area contributed by atoms with E-state index in [2.05, 4.69) is 5.92 Å². The van der Waals surface area contributed by atoms with Crippen molar-refractivity contribution in [3.63, 3.8) is 0 Å². The van der Waals surface area contributed by atoms with E-state index < -0.39 is 0 Å². The molecule has 0 heterocycles. The lowest BCUT2D eigenvalue weighted by Crippen LogP contribution is -2.30. The Hall–Kier alpha value is -2.21. The van der Waals surface area contributed by atoms with Crippen molar-refractivity contribution >= 4 is 17.7 Å². The van der Waals surface area contributed by atoms with Crippen LogP contribution in [0.3, 0.4) is 0 Å². The van der Waals surface area contributed by atoms with Crippen LogP contribution >= 0.6 is 0 Å². The van der Waals surface area contributed by atoms with E-state index in [0.29, 0.717) is 18.8 Å². The maximum absolute atomic E-state index is 11.9. The lowest BCUT2D eigenvalue weighted by molar-refractivity contribution is -0.125. The number of carbonyl (C=O) groups is 1. The van der Waals surface area contributed by atoms with Crippen molar-refractivity contribution in [2.24, 2.45) is 0 Å². The number of hydrogen-bond acceptors (Lipinski definition) is 2. The summed E-state index contributed by atoms with van der Waals surface area (Å²) in [6, 6.07) is 7.37. The third-order valence-electron chi connectivity index (χ3n) is 2.42. The van der Waals surface area contributed by atoms with Crippen molar-refractivity contribution in [3.05, 3.63) is 35.9 Å². The molecule has 0 spiro atoms. The molecule has 94 valence electrons. The first kappa shape index (κ1) is 13.9. The van der Waals surface area contributed by atoms with Gasteiger partial charge in [0.1, 0.15) is 0 Å². The van der Waals surface area contributed by atoms with Crippen LogP contribution in [0.2, 0.25) is 0 Å². The van der Waals surface area contributed by atoms with E-state index in [0.717, 1.165) is 12.0 Å². The summed E-state index contributed by atoms with van der Waals surface area (Å²) in [5, 5.41) is 0. The van der Waals surface area contributed by atoms with Crippen molar-refractivity contribution in [2.45, 2.75) is 13.3 Å². The summed E-state index contributed by atoms with van der Waals surface area (Å²) in [5.74, 6) is 2.42. The third kappa shape index (κ3) is 4.34. The Bertz CT molecular complexity index is 472. The average molecular weight is 242 g/mol. The molecular formula is C15H18N2O. The molecule has 1 amide bonds. The number of nitrogens with zero attached hydrogens (tertiary/aromatic N) is 1. The molecule has 0 saturated carbocycles. The number of nitrogens with two attached hydrogens (primary N) is 1. The molecule has 0 aromatic heterocycles. The fourth-order valence-corrected chi connectivity index (χ4v) is 1.58. The second-order valence-corrected chi connectivity index (χ2v) is 3.97. The number of hydrogen-bond donors (Lipinski definition) is 1. The maximum Gasteiger partial charge on any atom is 0.247 e. The fraction of sp³-hybridized carbons (Fsp3) is 0.267. The first-order valence-electron chi connectivity index (χ1n) is 5.93. The zero-order valence-corrected chi connectivity index (χ0v) is 10.6. The molecule has 0 aliphatic carbocycles. The van der Waals surface area contributed by atoms with Crippen LogP contribution in [-0.4, -0.2) is 23.9 Å². The van der Waals surface area contributed by atoms with Gasteiger partial charge >= 0.3 is 0 Å². The standard InChI is InChI=1S/C15H18N2O/c1-3-10-17(11-4-2)15(18)9-8-13-6-5-7-14(16)12-13/h1,5-9,12H,4,10-11,16H2,2H3/b9-8+. The van der Waals surface area contributed by atoms with Crippen LogP contribution in [0.25, 0.3) is 6.08 Å². The van der Waals surface area contributed by atoms with Gasteiger partial charge in [0, 0.05) is 18.3 Å². The van der Waals surface area contributed by atoms with E-state index in [9.17, 15) is 4.79 Å². The summed E-state index contributed by atoms with van der Waals surface area (Å²) in [5.41, 5.74) is 7.25. The number of amides is 1. The molecule has 0 atom stereocenters. The molecule has 0 bridgehead atoms. The van der Waals surface area contributed by atoms with Gasteiger partial charge in [-0.05, 0) is 30.2 Å². The number of benzene rings is 1. The summed E-state index contributed by atoms with van der Waals surface area (Å²) in [6.45, 7) is 3.02. The summed E-state index contributed by atoms with van der Waals surface area (Å²) >= 11 is 0. The van der Waals surface area contributed by atoms with E-state index >= 15 is 0 Å². The summed E-state index contributed by atoms with van der Waals surface area (Å²) < 4.78 is 0. The Kier molecular flexibility index (Phi) is 5.53. The minimum absolute atomic E-state index is 0.0720. The molecule has 2 N–H and O–H groups in total. The number of anilines is 1. The zero-order valence-electron chi connectivity index (χ0n) is 10.6. The predicted molar refractivity (Wildman–Crippen MR) is 75.6 cm³/mol. The zero-order chi connectivity index (χ0) is 13.4. The van der Waals surface area contributed by atoms with E-state index in [1.54, 1.807) is 17.0 Å². The van der Waals surface area contributed by atoms with Gasteiger partial charge in [-0.1, -0.05) is 25.0 Å². The summed E-state index contributed by atoms with van der Waals surface area (Å²) in [4.78, 5) is 13.5. The number of carbonyl (C=O) groups excluding carboxylic acids is 1. The first-order chi connectivity index (χ1) is 8.67. The molecule has 18 heavy (non-hydrogen) atoms. The molecule has 0 unspecified atom stereocenters. The highest BCUT2D eigenvalue weighted by atomic mass is 16.2. The van der Waals surface area contributed by atoms with Gasteiger partial charge in [0.05, 0.1) is 6.54 Å². The third-order valence-corrected chi connectivity index (χ3v) is 2.42. The molecule has 0 aliphatic rings. The van der Waals surface area contributed by atoms with Gasteiger partial charge in [-0.3, -0.25) is 4.79 Å². The van der Waals surface area contributed by atoms with Crippen LogP contribution in [0.15, 0.2) is 30.3 Å². The molecule has 1 aromatic carbocycles. The van der Waals surface area contributed by atoms with E-state index in [1.165, 1.54) is 6.08 Å². The van der Waals surface area contributed by atoms with Gasteiger partial charge in [-0.25, -0.2) is 0 Å². The average Bonchev–Trinajstić information content (AvgIpc) is 2.36. The Balaban J connectivity index is 2.70. The Morgan fingerprint density at radius 3 is 2.94 bits per heavy atom. The molecule has 1 rings (SSSR count). The van der Waals surface area contributed by atoms with E-state index in [4.69, 9.17) is 12.2 Å². The lowest BCUT2D eigenvalue weighted by Gasteiger charge is -2.17. The maximum atomic E-state index is 11.9. The first-order valence-corrected chi connectivity index (χ1v) is 5.93. The minimum atomic E-state index is -0.0720. The van der Waals surface area contributed by atoms with Crippen molar-refractivity contribution in [3.8, 4) is 12.3 Å². The van der Waals surface area contributed by atoms with Crippen LogP contribution < -0.4 is 5.73 Å². The molecule has 0 radical (unpaired) electrons. The summed E-state index contributed by atoms with van der Waals surface area (Å²) in [7, 11) is 0. The number of nitrogen functional groups attached to an aromatic ring is 1. The predicted octanol–water partition coefficient (Wildman–Crippen LogP) is 2.15. The van der Waals surface area contributed by atoms with Crippen LogP contribution in [0.4, 0.5) is 5.69 Å². The topological polar surface area (TPSA) is 46.3 Å². The molecule has 0 fully saturated rings. The van der Waals surface area contributed by atoms with Crippen LogP contribution in [0, 0.1) is 12.3 Å². The van der Waals surface area contributed by atoms with Crippen LogP contribution in [0.1, 0.15) is 18.9 Å². The molecule has 0 aliphatic heterocycles. The van der Waals surface area contributed by atoms with Crippen molar-refractivity contribution in [2.75, 3.05) is 18.8 Å². The quantitative estimate of drug-likeness (QED) is 0.488. The minimum Gasteiger partial charge on any atom is -0.399 e. The largest absolute Gasteiger partial charge is 0.399 e. The van der Waals surface area contributed by atoms with Gasteiger partial charge < -0.3 is 10.6 Å². The van der Waals surface area contributed by atoms with Gasteiger partial charge in [-0.15, -0.1) is 6.42 Å². The van der Waals surface area contributed by atoms with E-state index in [1.807, 2.05) is 25.1 Å². The Morgan fingerprint density at radius 2 is 2.33 bits per heavy atom. The highest BCUT2D eigenvalue weighted by Gasteiger charge is 2.07. The normalized spacial score (nSPS) is 10.2. The van der Waals surface area contributed by atoms with Crippen LogP contribution in [0.5, 0.6) is 0 Å². The molecule has 3 nitrogen and oxygen atoms in total. The molecule has 0 saturated heterocycles. The van der Waals surface area contributed by atoms with E-state index in [-0.39, 0.29) is 5.91 Å². The van der Waals surface area contributed by atoms with Gasteiger partial charge in [0.15, 0.2) is 0 Å². The smallest absolute Gasteiger partial charge is 0.247 e. The second kappa shape index (κ2) is 7.18. The highest BCUT2D eigenvalue weighted by molar-refractivity contribution is 5.92. The van der Waals surface area contributed by atoms with Crippen molar-refractivity contribution in [1.82, 2.24) is 4.90 Å². The number of rotatable bonds is 5. The fourth-order valence-electron chi connectivity index (χ4n) is 1.58. The number of terminal acetylenes is 1. The molecule has 1 aromatic rings. The van der Waals surface area contributed by atoms with Gasteiger partial charge in [0.25, 0.3) is 0 Å². The monoisotopic (exact) mass is 242 g/mol. The van der Waals surface area contributed by atoms with Crippen molar-refractivity contribution in [1.29, 1.82) is 0 Å². The lowest BCUT2D eigenvalue weighted by atomic mass is 10.2. The van der Waals surface area contributed by atoms with Gasteiger partial charge in [0.2, 0.25) is 5.91 Å². The SMILES string of the molecule is C#CCN(CCC)C(=O)/C=C/c1cccc(N)c1. The Morgan fingerprint density at radius 1 is 1.56 bits per heavy atom.